The average Bonchev–Trinajstić information content (AvgIpc) is 3.44. The third-order valence-electron chi connectivity index (χ3n) is 5.03. The normalized spacial score (nSPS) is 25.5. The maximum Gasteiger partial charge on any atom is 0.225 e. The first-order chi connectivity index (χ1) is 12.2. The molecule has 5 nitrogen and oxygen atoms in total. The van der Waals surface area contributed by atoms with Crippen molar-refractivity contribution in [2.24, 2.45) is 5.92 Å². The fraction of sp³-hybridized carbons (Fsp3) is 0.421. The van der Waals surface area contributed by atoms with Crippen molar-refractivity contribution in [1.29, 1.82) is 0 Å². The van der Waals surface area contributed by atoms with Crippen molar-refractivity contribution in [2.75, 3.05) is 18.0 Å². The number of halogens is 1. The summed E-state index contributed by atoms with van der Waals surface area (Å²) in [7, 11) is 0. The standard InChI is InChI=1S/C19H21FN4O/c20-14-6-4-13(5-7-14)16-11-17(16)18(25)23-15-3-1-10-24(12-15)19-21-8-2-9-22-19/h2,4-9,15-17H,1,3,10-12H2,(H,23,25). The molecule has 1 N–H and O–H groups in total. The summed E-state index contributed by atoms with van der Waals surface area (Å²) in [6, 6.07) is 8.41. The number of carbonyl (C=O) groups is 1. The van der Waals surface area contributed by atoms with Crippen LogP contribution in [0.4, 0.5) is 10.3 Å². The second-order valence-electron chi connectivity index (χ2n) is 6.84. The van der Waals surface area contributed by atoms with Crippen LogP contribution in [0.3, 0.4) is 0 Å². The zero-order valence-electron chi connectivity index (χ0n) is 13.9. The lowest BCUT2D eigenvalue weighted by atomic mass is 10.0. The molecule has 2 fully saturated rings. The van der Waals surface area contributed by atoms with Crippen molar-refractivity contribution in [3.63, 3.8) is 0 Å². The Kier molecular flexibility index (Phi) is 4.34. The fourth-order valence-corrected chi connectivity index (χ4v) is 3.60. The summed E-state index contributed by atoms with van der Waals surface area (Å²) in [6.45, 7) is 1.65. The van der Waals surface area contributed by atoms with Crippen LogP contribution in [-0.2, 0) is 4.79 Å². The summed E-state index contributed by atoms with van der Waals surface area (Å²) in [5, 5.41) is 3.18. The van der Waals surface area contributed by atoms with Crippen LogP contribution < -0.4 is 10.2 Å². The lowest BCUT2D eigenvalue weighted by molar-refractivity contribution is -0.123. The molecule has 6 heteroatoms. The molecule has 25 heavy (non-hydrogen) atoms. The van der Waals surface area contributed by atoms with Crippen LogP contribution >= 0.6 is 0 Å². The van der Waals surface area contributed by atoms with Gasteiger partial charge in [0.25, 0.3) is 0 Å². The maximum absolute atomic E-state index is 13.0. The molecule has 1 aliphatic heterocycles. The average molecular weight is 340 g/mol. The molecule has 4 rings (SSSR count). The number of hydrogen-bond donors (Lipinski definition) is 1. The monoisotopic (exact) mass is 340 g/mol. The third-order valence-corrected chi connectivity index (χ3v) is 5.03. The number of carbonyl (C=O) groups excluding carboxylic acids is 1. The number of hydrogen-bond acceptors (Lipinski definition) is 4. The van der Waals surface area contributed by atoms with Crippen molar-refractivity contribution < 1.29 is 9.18 Å². The van der Waals surface area contributed by atoms with Crippen molar-refractivity contribution in [3.8, 4) is 0 Å². The SMILES string of the molecule is O=C(NC1CCCN(c2ncccn2)C1)C1CC1c1ccc(F)cc1. The summed E-state index contributed by atoms with van der Waals surface area (Å²) < 4.78 is 13.0. The van der Waals surface area contributed by atoms with Crippen LogP contribution in [0.5, 0.6) is 0 Å². The molecular formula is C19H21FN4O. The van der Waals surface area contributed by atoms with E-state index < -0.39 is 0 Å². The number of rotatable bonds is 4. The highest BCUT2D eigenvalue weighted by molar-refractivity contribution is 5.83. The second kappa shape index (κ2) is 6.78. The Morgan fingerprint density at radius 1 is 1.20 bits per heavy atom. The minimum Gasteiger partial charge on any atom is -0.351 e. The zero-order valence-corrected chi connectivity index (χ0v) is 13.9. The van der Waals surface area contributed by atoms with Gasteiger partial charge < -0.3 is 10.2 Å². The summed E-state index contributed by atoms with van der Waals surface area (Å²) in [5.74, 6) is 0.814. The Hall–Kier alpha value is -2.50. The van der Waals surface area contributed by atoms with E-state index in [0.717, 1.165) is 43.9 Å². The molecule has 1 saturated heterocycles. The van der Waals surface area contributed by atoms with Crippen LogP contribution in [0.2, 0.25) is 0 Å². The first-order valence-corrected chi connectivity index (χ1v) is 8.78. The molecule has 1 amide bonds. The Bertz CT molecular complexity index is 737. The first kappa shape index (κ1) is 16.0. The Balaban J connectivity index is 1.33. The van der Waals surface area contributed by atoms with Crippen LogP contribution in [0.25, 0.3) is 0 Å². The van der Waals surface area contributed by atoms with Crippen molar-refractivity contribution in [1.82, 2.24) is 15.3 Å². The van der Waals surface area contributed by atoms with E-state index in [1.165, 1.54) is 12.1 Å². The van der Waals surface area contributed by atoms with Gasteiger partial charge in [0.15, 0.2) is 0 Å². The van der Waals surface area contributed by atoms with Gasteiger partial charge in [0.2, 0.25) is 11.9 Å². The van der Waals surface area contributed by atoms with Gasteiger partial charge in [0.05, 0.1) is 0 Å². The van der Waals surface area contributed by atoms with Crippen LogP contribution in [0.15, 0.2) is 42.7 Å². The van der Waals surface area contributed by atoms with Crippen molar-refractivity contribution in [3.05, 3.63) is 54.1 Å². The van der Waals surface area contributed by atoms with Gasteiger partial charge in [-0.1, -0.05) is 12.1 Å². The number of aromatic nitrogens is 2. The van der Waals surface area contributed by atoms with E-state index in [9.17, 15) is 9.18 Å². The number of anilines is 1. The van der Waals surface area contributed by atoms with Gasteiger partial charge in [0.1, 0.15) is 5.82 Å². The largest absolute Gasteiger partial charge is 0.351 e. The first-order valence-electron chi connectivity index (χ1n) is 8.78. The second-order valence-corrected chi connectivity index (χ2v) is 6.84. The van der Waals surface area contributed by atoms with Crippen LogP contribution in [0.1, 0.15) is 30.7 Å². The Morgan fingerprint density at radius 3 is 2.72 bits per heavy atom. The van der Waals surface area contributed by atoms with Gasteiger partial charge in [-0.05, 0) is 48.9 Å². The highest BCUT2D eigenvalue weighted by atomic mass is 19.1. The van der Waals surface area contributed by atoms with E-state index in [2.05, 4.69) is 20.2 Å². The summed E-state index contributed by atoms with van der Waals surface area (Å²) >= 11 is 0. The summed E-state index contributed by atoms with van der Waals surface area (Å²) in [6.07, 6.45) is 6.30. The smallest absolute Gasteiger partial charge is 0.225 e. The number of piperidine rings is 1. The molecule has 2 heterocycles. The molecule has 1 aliphatic carbocycles. The van der Waals surface area contributed by atoms with E-state index in [4.69, 9.17) is 0 Å². The summed E-state index contributed by atoms with van der Waals surface area (Å²) in [5.41, 5.74) is 1.05. The molecule has 0 spiro atoms. The molecule has 2 aromatic rings. The van der Waals surface area contributed by atoms with Crippen LogP contribution in [0, 0.1) is 11.7 Å². The van der Waals surface area contributed by atoms with Crippen molar-refractivity contribution in [2.45, 2.75) is 31.2 Å². The highest BCUT2D eigenvalue weighted by Gasteiger charge is 2.44. The summed E-state index contributed by atoms with van der Waals surface area (Å²) in [4.78, 5) is 23.2. The third kappa shape index (κ3) is 3.62. The lowest BCUT2D eigenvalue weighted by Crippen LogP contribution is -2.48. The molecule has 3 unspecified atom stereocenters. The van der Waals surface area contributed by atoms with E-state index in [1.54, 1.807) is 30.6 Å². The van der Waals surface area contributed by atoms with Gasteiger partial charge >= 0.3 is 0 Å². The van der Waals surface area contributed by atoms with Crippen LogP contribution in [-0.4, -0.2) is 35.0 Å². The number of nitrogens with one attached hydrogen (secondary N) is 1. The van der Waals surface area contributed by atoms with E-state index in [0.29, 0.717) is 0 Å². The zero-order chi connectivity index (χ0) is 17.2. The molecular weight excluding hydrogens is 319 g/mol. The molecule has 130 valence electrons. The van der Waals surface area contributed by atoms with E-state index in [1.807, 2.05) is 0 Å². The topological polar surface area (TPSA) is 58.1 Å². The molecule has 2 aliphatic rings. The Morgan fingerprint density at radius 2 is 1.96 bits per heavy atom. The molecule has 3 atom stereocenters. The van der Waals surface area contributed by atoms with Gasteiger partial charge in [-0.25, -0.2) is 14.4 Å². The predicted octanol–water partition coefficient (Wildman–Crippen LogP) is 2.50. The van der Waals surface area contributed by atoms with Gasteiger partial charge in [-0.15, -0.1) is 0 Å². The number of nitrogens with zero attached hydrogens (tertiary/aromatic N) is 3. The molecule has 1 aromatic heterocycles. The van der Waals surface area contributed by atoms with Crippen molar-refractivity contribution >= 4 is 11.9 Å². The maximum atomic E-state index is 13.0. The Labute approximate surface area is 146 Å². The fourth-order valence-electron chi connectivity index (χ4n) is 3.60. The highest BCUT2D eigenvalue weighted by Crippen LogP contribution is 2.47. The van der Waals surface area contributed by atoms with Gasteiger partial charge in [-0.3, -0.25) is 4.79 Å². The molecule has 1 aromatic carbocycles. The van der Waals surface area contributed by atoms with Gasteiger partial charge in [0, 0.05) is 37.4 Å². The molecule has 1 saturated carbocycles. The number of amides is 1. The van der Waals surface area contributed by atoms with Gasteiger partial charge in [-0.2, -0.15) is 0 Å². The van der Waals surface area contributed by atoms with E-state index >= 15 is 0 Å². The quantitative estimate of drug-likeness (QED) is 0.929. The lowest BCUT2D eigenvalue weighted by Gasteiger charge is -2.33. The number of benzene rings is 1. The predicted molar refractivity (Wildman–Crippen MR) is 92.7 cm³/mol. The molecule has 0 radical (unpaired) electrons. The minimum absolute atomic E-state index is 0.00816. The minimum atomic E-state index is -0.240. The van der Waals surface area contributed by atoms with E-state index in [-0.39, 0.29) is 29.6 Å². The molecule has 0 bridgehead atoms.